The third-order valence-electron chi connectivity index (χ3n) is 4.16. The van der Waals surface area contributed by atoms with E-state index >= 15 is 0 Å². The molecule has 27 heavy (non-hydrogen) atoms. The number of thioether (sulfide) groups is 1. The zero-order chi connectivity index (χ0) is 18.8. The zero-order valence-electron chi connectivity index (χ0n) is 14.2. The number of halogens is 2. The van der Waals surface area contributed by atoms with Crippen molar-refractivity contribution in [2.45, 2.75) is 17.1 Å². The van der Waals surface area contributed by atoms with Gasteiger partial charge >= 0.3 is 0 Å². The van der Waals surface area contributed by atoms with Crippen molar-refractivity contribution in [1.29, 1.82) is 0 Å². The Hall–Kier alpha value is -2.93. The number of hydrogen-bond acceptors (Lipinski definition) is 3. The molecule has 2 aromatic heterocycles. The van der Waals surface area contributed by atoms with Gasteiger partial charge in [-0.25, -0.2) is 18.3 Å². The van der Waals surface area contributed by atoms with Crippen molar-refractivity contribution in [3.63, 3.8) is 0 Å². The molecule has 0 spiro atoms. The summed E-state index contributed by atoms with van der Waals surface area (Å²) in [7, 11) is 0. The summed E-state index contributed by atoms with van der Waals surface area (Å²) < 4.78 is 28.5. The van der Waals surface area contributed by atoms with Crippen LogP contribution in [0.1, 0.15) is 16.8 Å². The summed E-state index contributed by atoms with van der Waals surface area (Å²) in [5.41, 5.74) is 2.82. The Morgan fingerprint density at radius 1 is 1.07 bits per heavy atom. The number of rotatable bonds is 5. The topological polar surface area (TPSA) is 50.2 Å². The van der Waals surface area contributed by atoms with Crippen LogP contribution in [0, 0.1) is 11.6 Å². The molecule has 2 heterocycles. The number of aromatic amines is 1. The molecule has 4 nitrogen and oxygen atoms in total. The van der Waals surface area contributed by atoms with E-state index in [9.17, 15) is 13.6 Å². The van der Waals surface area contributed by atoms with Crippen LogP contribution in [0.3, 0.4) is 0 Å². The third kappa shape index (κ3) is 3.64. The van der Waals surface area contributed by atoms with Crippen LogP contribution in [-0.2, 0) is 12.2 Å². The molecule has 0 aliphatic carbocycles. The second-order valence-electron chi connectivity index (χ2n) is 6.05. The minimum absolute atomic E-state index is 0.190. The van der Waals surface area contributed by atoms with Gasteiger partial charge in [-0.1, -0.05) is 36.4 Å². The van der Waals surface area contributed by atoms with E-state index in [1.165, 1.54) is 22.7 Å². The van der Waals surface area contributed by atoms with Gasteiger partial charge in [-0.15, -0.1) is 11.8 Å². The molecule has 2 aromatic carbocycles. The standard InChI is InChI=1S/C20H15F2N3OS/c21-16-7-4-8-17(19(16)22)27-12-15-10-18(26)25-20(24-15)14(11-23-25)9-13-5-2-1-3-6-13/h1-8,10-11,23H,9,12H2. The molecule has 136 valence electrons. The highest BCUT2D eigenvalue weighted by atomic mass is 32.2. The number of H-pyrrole nitrogens is 1. The SMILES string of the molecule is O=c1cc(CSc2cccc(F)c2F)nc2c(Cc3ccccc3)c[nH]n12. The predicted molar refractivity (Wildman–Crippen MR) is 101 cm³/mol. The van der Waals surface area contributed by atoms with Crippen molar-refractivity contribution in [3.05, 3.63) is 99.6 Å². The smallest absolute Gasteiger partial charge is 0.272 e. The largest absolute Gasteiger partial charge is 0.297 e. The molecule has 0 aliphatic rings. The fourth-order valence-electron chi connectivity index (χ4n) is 2.84. The third-order valence-corrected chi connectivity index (χ3v) is 5.22. The van der Waals surface area contributed by atoms with Crippen molar-refractivity contribution >= 4 is 17.4 Å². The van der Waals surface area contributed by atoms with Gasteiger partial charge < -0.3 is 0 Å². The van der Waals surface area contributed by atoms with Gasteiger partial charge in [0.2, 0.25) is 0 Å². The molecular weight excluding hydrogens is 368 g/mol. The fraction of sp³-hybridized carbons (Fsp3) is 0.100. The van der Waals surface area contributed by atoms with Gasteiger partial charge in [0.05, 0.1) is 5.69 Å². The van der Waals surface area contributed by atoms with Gasteiger partial charge in [-0.2, -0.15) is 0 Å². The lowest BCUT2D eigenvalue weighted by atomic mass is 10.1. The second kappa shape index (κ2) is 7.36. The van der Waals surface area contributed by atoms with Crippen molar-refractivity contribution in [3.8, 4) is 0 Å². The first kappa shape index (κ1) is 17.5. The molecule has 0 aliphatic heterocycles. The van der Waals surface area contributed by atoms with Gasteiger partial charge in [0, 0.05) is 34.9 Å². The van der Waals surface area contributed by atoms with E-state index in [2.05, 4.69) is 10.1 Å². The number of nitrogens with zero attached hydrogens (tertiary/aromatic N) is 2. The number of nitrogens with one attached hydrogen (secondary N) is 1. The van der Waals surface area contributed by atoms with Crippen LogP contribution in [0.15, 0.2) is 70.5 Å². The lowest BCUT2D eigenvalue weighted by Gasteiger charge is -2.05. The van der Waals surface area contributed by atoms with Crippen LogP contribution < -0.4 is 5.56 Å². The van der Waals surface area contributed by atoms with E-state index in [4.69, 9.17) is 0 Å². The number of benzene rings is 2. The van der Waals surface area contributed by atoms with Crippen molar-refractivity contribution in [2.75, 3.05) is 0 Å². The maximum absolute atomic E-state index is 13.8. The molecule has 0 bridgehead atoms. The quantitative estimate of drug-likeness (QED) is 0.526. The van der Waals surface area contributed by atoms with E-state index in [-0.39, 0.29) is 16.2 Å². The average Bonchev–Trinajstić information content (AvgIpc) is 3.07. The van der Waals surface area contributed by atoms with E-state index in [1.54, 1.807) is 6.20 Å². The molecule has 0 atom stereocenters. The molecule has 0 fully saturated rings. The summed E-state index contributed by atoms with van der Waals surface area (Å²) in [6, 6.07) is 15.3. The molecule has 4 aromatic rings. The van der Waals surface area contributed by atoms with Crippen LogP contribution in [0.4, 0.5) is 8.78 Å². The van der Waals surface area contributed by atoms with Gasteiger partial charge in [0.1, 0.15) is 0 Å². The van der Waals surface area contributed by atoms with E-state index in [0.717, 1.165) is 29.0 Å². The van der Waals surface area contributed by atoms with Gasteiger partial charge in [-0.3, -0.25) is 9.89 Å². The minimum atomic E-state index is -0.890. The summed E-state index contributed by atoms with van der Waals surface area (Å²) in [6.07, 6.45) is 2.40. The molecule has 0 unspecified atom stereocenters. The van der Waals surface area contributed by atoms with Gasteiger partial charge in [-0.05, 0) is 17.7 Å². The van der Waals surface area contributed by atoms with Crippen LogP contribution in [-0.4, -0.2) is 14.6 Å². The Bertz CT molecular complexity index is 1160. The van der Waals surface area contributed by atoms with E-state index in [0.29, 0.717) is 17.8 Å². The molecule has 0 saturated carbocycles. The molecule has 4 rings (SSSR count). The van der Waals surface area contributed by atoms with Crippen molar-refractivity contribution < 1.29 is 8.78 Å². The normalized spacial score (nSPS) is 11.2. The van der Waals surface area contributed by atoms with Gasteiger partial charge in [0.25, 0.3) is 5.56 Å². The van der Waals surface area contributed by atoms with Crippen molar-refractivity contribution in [1.82, 2.24) is 14.6 Å². The van der Waals surface area contributed by atoms with E-state index < -0.39 is 11.6 Å². The summed E-state index contributed by atoms with van der Waals surface area (Å²) in [5.74, 6) is -1.51. The Balaban J connectivity index is 1.63. The highest BCUT2D eigenvalue weighted by Gasteiger charge is 2.12. The lowest BCUT2D eigenvalue weighted by Crippen LogP contribution is -2.15. The van der Waals surface area contributed by atoms with Gasteiger partial charge in [0.15, 0.2) is 17.3 Å². The Kier molecular flexibility index (Phi) is 4.77. The Morgan fingerprint density at radius 3 is 2.70 bits per heavy atom. The highest BCUT2D eigenvalue weighted by Crippen LogP contribution is 2.26. The lowest BCUT2D eigenvalue weighted by molar-refractivity contribution is 0.491. The molecule has 0 saturated heterocycles. The van der Waals surface area contributed by atoms with Crippen LogP contribution in [0.25, 0.3) is 5.65 Å². The number of fused-ring (bicyclic) bond motifs is 1. The summed E-state index contributed by atoms with van der Waals surface area (Å²) in [4.78, 5) is 17.1. The first-order valence-corrected chi connectivity index (χ1v) is 9.30. The number of hydrogen-bond donors (Lipinski definition) is 1. The molecule has 1 N–H and O–H groups in total. The fourth-order valence-corrected chi connectivity index (χ4v) is 3.69. The van der Waals surface area contributed by atoms with Crippen LogP contribution >= 0.6 is 11.8 Å². The first-order chi connectivity index (χ1) is 13.1. The molecule has 0 radical (unpaired) electrons. The first-order valence-electron chi connectivity index (χ1n) is 8.31. The Morgan fingerprint density at radius 2 is 1.89 bits per heavy atom. The Labute approximate surface area is 157 Å². The monoisotopic (exact) mass is 383 g/mol. The summed E-state index contributed by atoms with van der Waals surface area (Å²) in [6.45, 7) is 0. The van der Waals surface area contributed by atoms with Crippen LogP contribution in [0.5, 0.6) is 0 Å². The second-order valence-corrected chi connectivity index (χ2v) is 7.06. The average molecular weight is 383 g/mol. The minimum Gasteiger partial charge on any atom is -0.297 e. The van der Waals surface area contributed by atoms with E-state index in [1.807, 2.05) is 30.3 Å². The number of aromatic nitrogens is 3. The highest BCUT2D eigenvalue weighted by molar-refractivity contribution is 7.98. The summed E-state index contributed by atoms with van der Waals surface area (Å²) in [5, 5.41) is 2.92. The maximum atomic E-state index is 13.8. The van der Waals surface area contributed by atoms with Crippen LogP contribution in [0.2, 0.25) is 0 Å². The molecular formula is C20H15F2N3OS. The zero-order valence-corrected chi connectivity index (χ0v) is 15.0. The maximum Gasteiger partial charge on any atom is 0.272 e. The molecule has 7 heteroatoms. The summed E-state index contributed by atoms with van der Waals surface area (Å²) >= 11 is 1.11. The predicted octanol–water partition coefficient (Wildman–Crippen LogP) is 4.18. The molecule has 0 amide bonds. The van der Waals surface area contributed by atoms with Crippen molar-refractivity contribution in [2.24, 2.45) is 0 Å².